The second-order valence-corrected chi connectivity index (χ2v) is 4.37. The van der Waals surface area contributed by atoms with Gasteiger partial charge in [0.25, 0.3) is 0 Å². The molecule has 0 aromatic carbocycles. The summed E-state index contributed by atoms with van der Waals surface area (Å²) in [4.78, 5) is 17.9. The van der Waals surface area contributed by atoms with Gasteiger partial charge in [-0.3, -0.25) is 4.79 Å². The van der Waals surface area contributed by atoms with Crippen molar-refractivity contribution >= 4 is 17.4 Å². The van der Waals surface area contributed by atoms with Gasteiger partial charge in [-0.05, 0) is 38.5 Å². The number of amides is 1. The van der Waals surface area contributed by atoms with Crippen molar-refractivity contribution in [3.63, 3.8) is 0 Å². The molecular weight excluding hydrogens is 242 g/mol. The first-order valence-electron chi connectivity index (χ1n) is 6.47. The van der Waals surface area contributed by atoms with Crippen LogP contribution in [0.5, 0.6) is 0 Å². The Balaban J connectivity index is 2.13. The molecule has 102 valence electrons. The lowest BCUT2D eigenvalue weighted by atomic mass is 10.3. The monoisotopic (exact) mass is 261 g/mol. The van der Waals surface area contributed by atoms with Crippen LogP contribution in [-0.2, 0) is 4.79 Å². The summed E-state index contributed by atoms with van der Waals surface area (Å²) in [5.41, 5.74) is 1.86. The van der Waals surface area contributed by atoms with Crippen molar-refractivity contribution in [1.82, 2.24) is 19.5 Å². The summed E-state index contributed by atoms with van der Waals surface area (Å²) in [5.74, 6) is 0.868. The molecule has 2 aromatic heterocycles. The molecule has 0 aliphatic carbocycles. The van der Waals surface area contributed by atoms with Gasteiger partial charge >= 0.3 is 0 Å². The van der Waals surface area contributed by atoms with E-state index in [0.717, 1.165) is 30.1 Å². The zero-order valence-corrected chi connectivity index (χ0v) is 11.6. The number of pyridine rings is 1. The minimum absolute atomic E-state index is 0.0831. The normalized spacial score (nSPS) is 10.7. The van der Waals surface area contributed by atoms with Crippen LogP contribution in [0.2, 0.25) is 0 Å². The predicted octanol–water partition coefficient (Wildman–Crippen LogP) is 1.32. The molecule has 2 aromatic rings. The summed E-state index contributed by atoms with van der Waals surface area (Å²) in [6.07, 6.45) is 1.51. The number of fused-ring (bicyclic) bond motifs is 1. The van der Waals surface area contributed by atoms with Crippen molar-refractivity contribution in [3.05, 3.63) is 24.0 Å². The number of rotatable bonds is 5. The molecule has 19 heavy (non-hydrogen) atoms. The number of nitrogens with zero attached hydrogens (tertiary/aromatic N) is 4. The first kappa shape index (κ1) is 13.3. The van der Waals surface area contributed by atoms with Gasteiger partial charge in [-0.15, -0.1) is 0 Å². The van der Waals surface area contributed by atoms with Gasteiger partial charge in [-0.2, -0.15) is 9.61 Å². The van der Waals surface area contributed by atoms with Crippen molar-refractivity contribution in [1.29, 1.82) is 0 Å². The molecule has 0 spiro atoms. The number of aromatic nitrogens is 3. The van der Waals surface area contributed by atoms with E-state index in [0.29, 0.717) is 0 Å². The van der Waals surface area contributed by atoms with Gasteiger partial charge in [0.15, 0.2) is 5.65 Å². The highest BCUT2D eigenvalue weighted by molar-refractivity contribution is 5.80. The molecule has 0 atom stereocenters. The molecule has 0 bridgehead atoms. The Bertz CT molecular complexity index is 573. The average Bonchev–Trinajstić information content (AvgIpc) is 2.85. The van der Waals surface area contributed by atoms with Crippen molar-refractivity contribution in [2.24, 2.45) is 0 Å². The summed E-state index contributed by atoms with van der Waals surface area (Å²) in [5, 5.41) is 7.27. The van der Waals surface area contributed by atoms with Crippen LogP contribution < -0.4 is 5.32 Å². The molecule has 0 aliphatic heterocycles. The molecule has 0 aliphatic rings. The first-order valence-corrected chi connectivity index (χ1v) is 6.47. The Kier molecular flexibility index (Phi) is 3.99. The molecule has 0 saturated heterocycles. The van der Waals surface area contributed by atoms with Crippen LogP contribution in [-0.4, -0.2) is 45.0 Å². The third kappa shape index (κ3) is 2.83. The van der Waals surface area contributed by atoms with Gasteiger partial charge in [-0.1, -0.05) is 0 Å². The number of anilines is 1. The summed E-state index contributed by atoms with van der Waals surface area (Å²) in [6.45, 7) is 7.66. The summed E-state index contributed by atoms with van der Waals surface area (Å²) < 4.78 is 1.70. The highest BCUT2D eigenvalue weighted by Crippen LogP contribution is 2.12. The zero-order valence-electron chi connectivity index (χ0n) is 11.6. The quantitative estimate of drug-likeness (QED) is 0.881. The Hall–Kier alpha value is -2.11. The molecular formula is C13H19N5O. The van der Waals surface area contributed by atoms with Crippen LogP contribution in [0.1, 0.15) is 19.4 Å². The Labute approximate surface area is 112 Å². The van der Waals surface area contributed by atoms with Crippen LogP contribution in [0.25, 0.3) is 5.65 Å². The minimum atomic E-state index is 0.0831. The molecule has 6 heteroatoms. The van der Waals surface area contributed by atoms with E-state index >= 15 is 0 Å². The van der Waals surface area contributed by atoms with Crippen molar-refractivity contribution in [2.45, 2.75) is 20.8 Å². The summed E-state index contributed by atoms with van der Waals surface area (Å²) >= 11 is 0. The van der Waals surface area contributed by atoms with Crippen LogP contribution in [0.3, 0.4) is 0 Å². The molecule has 2 heterocycles. The second kappa shape index (κ2) is 5.69. The van der Waals surface area contributed by atoms with E-state index in [-0.39, 0.29) is 12.5 Å². The van der Waals surface area contributed by atoms with Gasteiger partial charge in [-0.25, -0.2) is 4.98 Å². The predicted molar refractivity (Wildman–Crippen MR) is 74.1 cm³/mol. The largest absolute Gasteiger partial charge is 0.361 e. The molecule has 0 saturated carbocycles. The first-order chi connectivity index (χ1) is 9.15. The number of hydrogen-bond acceptors (Lipinski definition) is 4. The van der Waals surface area contributed by atoms with Crippen molar-refractivity contribution < 1.29 is 4.79 Å². The summed E-state index contributed by atoms with van der Waals surface area (Å²) in [6, 6.07) is 3.90. The number of nitrogens with one attached hydrogen (secondary N) is 1. The molecule has 0 unspecified atom stereocenters. The number of carbonyl (C=O) groups is 1. The standard InChI is InChI=1S/C13H19N5O/c1-4-17(5-2)13(19)8-14-11-6-10(3)7-12-15-9-16-18(11)12/h6-7,9,14H,4-5,8H2,1-3H3. The molecule has 2 rings (SSSR count). The van der Waals surface area contributed by atoms with Gasteiger partial charge in [0.2, 0.25) is 5.91 Å². The van der Waals surface area contributed by atoms with E-state index in [2.05, 4.69) is 15.4 Å². The van der Waals surface area contributed by atoms with E-state index in [1.54, 1.807) is 9.42 Å². The average molecular weight is 261 g/mol. The second-order valence-electron chi connectivity index (χ2n) is 4.37. The smallest absolute Gasteiger partial charge is 0.241 e. The SMILES string of the molecule is CCN(CC)C(=O)CNc1cc(C)cc2ncnn12. The van der Waals surface area contributed by atoms with Crippen molar-refractivity contribution in [2.75, 3.05) is 25.0 Å². The topological polar surface area (TPSA) is 62.5 Å². The zero-order chi connectivity index (χ0) is 13.8. The van der Waals surface area contributed by atoms with E-state index in [1.807, 2.05) is 32.9 Å². The molecule has 0 fully saturated rings. The summed E-state index contributed by atoms with van der Waals surface area (Å²) in [7, 11) is 0. The Morgan fingerprint density at radius 3 is 2.79 bits per heavy atom. The van der Waals surface area contributed by atoms with E-state index in [4.69, 9.17) is 0 Å². The third-order valence-electron chi connectivity index (χ3n) is 3.06. The number of aryl methyl sites for hydroxylation is 1. The fraction of sp³-hybridized carbons (Fsp3) is 0.462. The van der Waals surface area contributed by atoms with Gasteiger partial charge in [0.05, 0.1) is 6.54 Å². The molecule has 1 amide bonds. The number of likely N-dealkylation sites (N-methyl/N-ethyl adjacent to an activating group) is 1. The molecule has 1 N–H and O–H groups in total. The maximum absolute atomic E-state index is 12.0. The lowest BCUT2D eigenvalue weighted by Gasteiger charge is -2.19. The van der Waals surface area contributed by atoms with E-state index < -0.39 is 0 Å². The van der Waals surface area contributed by atoms with Crippen molar-refractivity contribution in [3.8, 4) is 0 Å². The minimum Gasteiger partial charge on any atom is -0.361 e. The van der Waals surface area contributed by atoms with E-state index in [9.17, 15) is 4.79 Å². The molecule has 6 nitrogen and oxygen atoms in total. The van der Waals surface area contributed by atoms with Crippen LogP contribution in [0, 0.1) is 6.92 Å². The van der Waals surface area contributed by atoms with Gasteiger partial charge in [0, 0.05) is 13.1 Å². The Morgan fingerprint density at radius 1 is 1.37 bits per heavy atom. The third-order valence-corrected chi connectivity index (χ3v) is 3.06. The lowest BCUT2D eigenvalue weighted by Crippen LogP contribution is -2.35. The van der Waals surface area contributed by atoms with Crippen LogP contribution in [0.15, 0.2) is 18.5 Å². The fourth-order valence-electron chi connectivity index (χ4n) is 2.04. The number of hydrogen-bond donors (Lipinski definition) is 1. The highest BCUT2D eigenvalue weighted by atomic mass is 16.2. The number of carbonyl (C=O) groups excluding carboxylic acids is 1. The van der Waals surface area contributed by atoms with Gasteiger partial charge < -0.3 is 10.2 Å². The van der Waals surface area contributed by atoms with E-state index in [1.165, 1.54) is 6.33 Å². The maximum atomic E-state index is 12.0. The fourth-order valence-corrected chi connectivity index (χ4v) is 2.04. The highest BCUT2D eigenvalue weighted by Gasteiger charge is 2.10. The Morgan fingerprint density at radius 2 is 2.11 bits per heavy atom. The maximum Gasteiger partial charge on any atom is 0.241 e. The van der Waals surface area contributed by atoms with Crippen LogP contribution >= 0.6 is 0 Å². The van der Waals surface area contributed by atoms with Gasteiger partial charge in [0.1, 0.15) is 12.1 Å². The van der Waals surface area contributed by atoms with Crippen LogP contribution in [0.4, 0.5) is 5.82 Å². The lowest BCUT2D eigenvalue weighted by molar-refractivity contribution is -0.128. The molecule has 0 radical (unpaired) electrons.